The lowest BCUT2D eigenvalue weighted by Gasteiger charge is -2.25. The Balaban J connectivity index is 1.93. The molecule has 0 atom stereocenters. The highest BCUT2D eigenvalue weighted by Gasteiger charge is 2.40. The van der Waals surface area contributed by atoms with Gasteiger partial charge in [0.2, 0.25) is 5.96 Å². The van der Waals surface area contributed by atoms with Crippen LogP contribution in [-0.4, -0.2) is 12.0 Å². The van der Waals surface area contributed by atoms with Crippen molar-refractivity contribution in [2.75, 3.05) is 5.32 Å². The Morgan fingerprint density at radius 2 is 1.71 bits per heavy atom. The van der Waals surface area contributed by atoms with Crippen molar-refractivity contribution >= 4 is 23.6 Å². The predicted molar refractivity (Wildman–Crippen MR) is 78.8 cm³/mol. The van der Waals surface area contributed by atoms with E-state index in [2.05, 4.69) is 15.0 Å². The topological polar surface area (TPSA) is 36.4 Å². The fourth-order valence-corrected chi connectivity index (χ4v) is 3.52. The van der Waals surface area contributed by atoms with Gasteiger partial charge in [-0.1, -0.05) is 12.8 Å². The maximum Gasteiger partial charge on any atom is 0.417 e. The van der Waals surface area contributed by atoms with Crippen molar-refractivity contribution in [1.82, 2.24) is 5.32 Å². The van der Waals surface area contributed by atoms with Gasteiger partial charge in [-0.2, -0.15) is 30.7 Å². The molecule has 1 aliphatic carbocycles. The first-order chi connectivity index (χ1) is 11.1. The molecule has 1 heterocycles. The zero-order valence-corrected chi connectivity index (χ0v) is 13.0. The third-order valence-electron chi connectivity index (χ3n) is 3.90. The van der Waals surface area contributed by atoms with E-state index in [0.29, 0.717) is 18.0 Å². The van der Waals surface area contributed by atoms with Gasteiger partial charge in [-0.25, -0.2) is 0 Å². The molecule has 0 aromatic heterocycles. The van der Waals surface area contributed by atoms with Gasteiger partial charge in [0, 0.05) is 18.0 Å². The molecule has 3 nitrogen and oxygen atoms in total. The van der Waals surface area contributed by atoms with Crippen molar-refractivity contribution in [2.24, 2.45) is 4.40 Å². The van der Waals surface area contributed by atoms with Gasteiger partial charge < -0.3 is 10.6 Å². The minimum absolute atomic E-state index is 0.123. The second kappa shape index (κ2) is 6.05. The smallest absolute Gasteiger partial charge is 0.353 e. The summed E-state index contributed by atoms with van der Waals surface area (Å²) in [6.45, 7) is 0. The molecule has 0 amide bonds. The fourth-order valence-electron chi connectivity index (χ4n) is 2.76. The van der Waals surface area contributed by atoms with Gasteiger partial charge in [0.05, 0.1) is 21.7 Å². The summed E-state index contributed by atoms with van der Waals surface area (Å²) in [5.41, 5.74) is -2.92. The first kappa shape index (κ1) is 17.2. The summed E-state index contributed by atoms with van der Waals surface area (Å²) >= 11 is 0.529. The lowest BCUT2D eigenvalue weighted by atomic mass is 10.1. The minimum atomic E-state index is -4.90. The average molecular weight is 369 g/mol. The molecule has 1 aliphatic heterocycles. The van der Waals surface area contributed by atoms with Gasteiger partial charge in [-0.05, 0) is 25.0 Å². The molecule has 10 heteroatoms. The number of anilines is 1. The number of nitrogens with zero attached hydrogens (tertiary/aromatic N) is 1. The zero-order chi connectivity index (χ0) is 17.5. The Morgan fingerprint density at radius 3 is 2.29 bits per heavy atom. The molecule has 2 aliphatic rings. The van der Waals surface area contributed by atoms with E-state index in [1.165, 1.54) is 0 Å². The highest BCUT2D eigenvalue weighted by Crippen LogP contribution is 2.46. The third-order valence-corrected chi connectivity index (χ3v) is 4.80. The predicted octanol–water partition coefficient (Wildman–Crippen LogP) is 5.05. The molecular formula is C14H13F6N3S. The number of guanidine groups is 1. The molecule has 0 radical (unpaired) electrons. The van der Waals surface area contributed by atoms with Gasteiger partial charge in [0.25, 0.3) is 0 Å². The van der Waals surface area contributed by atoms with Crippen LogP contribution in [0.25, 0.3) is 0 Å². The van der Waals surface area contributed by atoms with Crippen LogP contribution >= 0.6 is 11.9 Å². The third kappa shape index (κ3) is 3.57. The van der Waals surface area contributed by atoms with Gasteiger partial charge in [0.15, 0.2) is 0 Å². The maximum absolute atomic E-state index is 13.1. The Bertz CT molecular complexity index is 662. The van der Waals surface area contributed by atoms with Crippen LogP contribution in [0.1, 0.15) is 36.8 Å². The second-order valence-corrected chi connectivity index (χ2v) is 6.45. The van der Waals surface area contributed by atoms with E-state index in [1.807, 2.05) is 0 Å². The quantitative estimate of drug-likeness (QED) is 0.538. The molecule has 132 valence electrons. The molecule has 0 spiro atoms. The van der Waals surface area contributed by atoms with Crippen molar-refractivity contribution in [2.45, 2.75) is 49.0 Å². The molecular weight excluding hydrogens is 356 g/mol. The lowest BCUT2D eigenvalue weighted by Crippen LogP contribution is -2.38. The van der Waals surface area contributed by atoms with Crippen LogP contribution in [0.4, 0.5) is 32.0 Å². The van der Waals surface area contributed by atoms with E-state index in [1.54, 1.807) is 0 Å². The molecule has 1 aromatic rings. The molecule has 0 saturated heterocycles. The zero-order valence-electron chi connectivity index (χ0n) is 12.2. The van der Waals surface area contributed by atoms with Crippen molar-refractivity contribution < 1.29 is 26.3 Å². The van der Waals surface area contributed by atoms with Crippen LogP contribution < -0.4 is 10.6 Å². The van der Waals surface area contributed by atoms with E-state index >= 15 is 0 Å². The van der Waals surface area contributed by atoms with Crippen LogP contribution in [0.15, 0.2) is 21.4 Å². The van der Waals surface area contributed by atoms with Gasteiger partial charge in [-0.15, -0.1) is 0 Å². The maximum atomic E-state index is 13.1. The first-order valence-corrected chi connectivity index (χ1v) is 8.03. The summed E-state index contributed by atoms with van der Waals surface area (Å²) < 4.78 is 81.9. The number of fused-ring (bicyclic) bond motifs is 1. The van der Waals surface area contributed by atoms with Crippen molar-refractivity contribution in [3.05, 3.63) is 23.3 Å². The summed E-state index contributed by atoms with van der Waals surface area (Å²) in [5.74, 6) is 0.187. The Labute approximate surface area is 138 Å². The van der Waals surface area contributed by atoms with Crippen LogP contribution in [0.2, 0.25) is 0 Å². The van der Waals surface area contributed by atoms with E-state index < -0.39 is 23.5 Å². The van der Waals surface area contributed by atoms with Crippen molar-refractivity contribution in [1.29, 1.82) is 0 Å². The number of hydrogen-bond acceptors (Lipinski definition) is 4. The largest absolute Gasteiger partial charge is 0.417 e. The highest BCUT2D eigenvalue weighted by atomic mass is 32.2. The summed E-state index contributed by atoms with van der Waals surface area (Å²) in [5, 5.41) is 5.60. The van der Waals surface area contributed by atoms with Crippen LogP contribution in [-0.2, 0) is 12.4 Å². The van der Waals surface area contributed by atoms with E-state index in [-0.39, 0.29) is 28.7 Å². The van der Waals surface area contributed by atoms with Crippen molar-refractivity contribution in [3.63, 3.8) is 0 Å². The van der Waals surface area contributed by atoms with E-state index in [4.69, 9.17) is 0 Å². The number of rotatable bonds is 1. The Morgan fingerprint density at radius 1 is 1.04 bits per heavy atom. The lowest BCUT2D eigenvalue weighted by molar-refractivity contribution is -0.144. The monoisotopic (exact) mass is 369 g/mol. The van der Waals surface area contributed by atoms with Gasteiger partial charge in [0.1, 0.15) is 0 Å². The Hall–Kier alpha value is -1.58. The van der Waals surface area contributed by atoms with Gasteiger partial charge >= 0.3 is 12.4 Å². The molecule has 3 rings (SSSR count). The number of alkyl halides is 6. The number of benzene rings is 1. The molecule has 24 heavy (non-hydrogen) atoms. The summed E-state index contributed by atoms with van der Waals surface area (Å²) in [4.78, 5) is -0.354. The fraction of sp³-hybridized carbons (Fsp3) is 0.500. The number of halogens is 6. The van der Waals surface area contributed by atoms with Crippen LogP contribution in [0.3, 0.4) is 0 Å². The molecule has 0 unspecified atom stereocenters. The standard InChI is InChI=1S/C14H13F6N3S/c15-13(16,17)7-5-9(14(18,19)20)11-10(6-7)22-12(23-24-11)21-8-3-1-2-4-8/h5-6,8H,1-4H2,(H2,21,22,23). The summed E-state index contributed by atoms with van der Waals surface area (Å²) in [7, 11) is 0. The van der Waals surface area contributed by atoms with Crippen LogP contribution in [0.5, 0.6) is 0 Å². The average Bonchev–Trinajstić information content (AvgIpc) is 2.96. The molecule has 1 fully saturated rings. The highest BCUT2D eigenvalue weighted by molar-refractivity contribution is 7.98. The molecule has 1 aromatic carbocycles. The normalized spacial score (nSPS) is 18.8. The summed E-state index contributed by atoms with van der Waals surface area (Å²) in [6, 6.07) is 0.937. The van der Waals surface area contributed by atoms with E-state index in [0.717, 1.165) is 25.7 Å². The first-order valence-electron chi connectivity index (χ1n) is 7.25. The summed E-state index contributed by atoms with van der Waals surface area (Å²) in [6.07, 6.45) is -5.90. The van der Waals surface area contributed by atoms with Gasteiger partial charge in [-0.3, -0.25) is 0 Å². The Kier molecular flexibility index (Phi) is 4.35. The number of nitrogens with one attached hydrogen (secondary N) is 2. The minimum Gasteiger partial charge on any atom is -0.353 e. The van der Waals surface area contributed by atoms with Crippen molar-refractivity contribution in [3.8, 4) is 0 Å². The molecule has 2 N–H and O–H groups in total. The second-order valence-electron chi connectivity index (χ2n) is 5.68. The number of hydrogen-bond donors (Lipinski definition) is 2. The SMILES string of the molecule is FC(F)(F)c1cc2c(c(C(F)(F)F)c1)SN=C(NC1CCCC1)N2. The molecule has 0 bridgehead atoms. The van der Waals surface area contributed by atoms with E-state index in [9.17, 15) is 26.3 Å². The van der Waals surface area contributed by atoms with Crippen LogP contribution in [0, 0.1) is 0 Å². The molecule has 1 saturated carbocycles.